The number of benzene rings is 9. The van der Waals surface area contributed by atoms with Crippen molar-refractivity contribution in [1.29, 1.82) is 0 Å². The van der Waals surface area contributed by atoms with Crippen molar-refractivity contribution >= 4 is 253 Å². The van der Waals surface area contributed by atoms with E-state index in [9.17, 15) is 96.0 Å². The molecule has 0 spiro atoms. The topological polar surface area (TPSA) is 481 Å². The van der Waals surface area contributed by atoms with Gasteiger partial charge in [-0.1, -0.05) is 125 Å². The van der Waals surface area contributed by atoms with Crippen molar-refractivity contribution in [1.82, 2.24) is 18.9 Å². The van der Waals surface area contributed by atoms with E-state index in [1.54, 1.807) is 30.3 Å². The first-order valence-corrected chi connectivity index (χ1v) is 48.6. The monoisotopic (exact) mass is 2440 g/mol. The number of allylic oxidation sites excluding steroid dienone is 1. The number of anilines is 4. The number of amides is 3. The number of nitrogens with one attached hydrogen (secondary N) is 7. The fourth-order valence-electron chi connectivity index (χ4n) is 8.75. The number of alkyl halides is 9. The third kappa shape index (κ3) is 51.2. The molecule has 0 saturated heterocycles. The SMILES string of the molecule is C=CC.C=Cc1cc(S(=O)(=O)NC)ccc1Cc1cccc(C(F)(F)F)c1.CC(=O)Nc1ccc(S(=O)(=O)Cl)cc1Br.CC(=O)Nc1ccccc1Br.CN.CNS(=O)(=O)c1ccc(Cc2cccc(C(F)(F)F)c2)c(Br)c1.CNS(=O)(=O)c1ccc(N)c(Br)c1.CNS(=O)(=O)c1ccc(NC(C)=O)c(Br)c1.Cl.O=CO[O-].OB(O)c1cccc(C(F)(F)F)c1.ON=C(Br)Br.[Na+]. The third-order valence-electron chi connectivity index (χ3n) is 14.5. The minimum absolute atomic E-state index is 0. The summed E-state index contributed by atoms with van der Waals surface area (Å²) < 4.78 is 239. The van der Waals surface area contributed by atoms with Crippen LogP contribution in [0.4, 0.5) is 62.3 Å². The number of hydrogen-bond donors (Lipinski definition) is 12. The molecule has 3 amide bonds. The van der Waals surface area contributed by atoms with Crippen LogP contribution in [0.15, 0.2) is 259 Å². The van der Waals surface area contributed by atoms with Gasteiger partial charge in [-0.3, -0.25) is 19.2 Å². The van der Waals surface area contributed by atoms with Crippen molar-refractivity contribution in [2.45, 2.75) is 83.5 Å². The molecule has 29 nitrogen and oxygen atoms in total. The second-order valence-corrected chi connectivity index (χ2v) is 40.7. The van der Waals surface area contributed by atoms with Gasteiger partial charge in [-0.25, -0.2) is 61.0 Å². The summed E-state index contributed by atoms with van der Waals surface area (Å²) >= 11 is 21.6. The second kappa shape index (κ2) is 63.7. The molecular weight excluding hydrogens is 2360 g/mol. The second-order valence-electron chi connectivity index (χ2n) is 23.8. The average molecular weight is 2450 g/mol. The maximum Gasteiger partial charge on any atom is 1.00 e. The number of nitrogens with zero attached hydrogens (tertiary/aromatic N) is 1. The molecule has 716 valence electrons. The predicted molar refractivity (Wildman–Crippen MR) is 510 cm³/mol. The predicted octanol–water partition coefficient (Wildman–Crippen LogP) is 13.3. The first-order chi connectivity index (χ1) is 59.6. The van der Waals surface area contributed by atoms with Crippen molar-refractivity contribution in [3.8, 4) is 0 Å². The Kier molecular flexibility index (Phi) is 63.5. The molecule has 0 atom stereocenters. The average Bonchev–Trinajstić information content (AvgIpc) is 0.719. The van der Waals surface area contributed by atoms with Crippen LogP contribution >= 0.6 is 135 Å². The smallest absolute Gasteiger partial charge is 0.662 e. The van der Waals surface area contributed by atoms with E-state index in [0.29, 0.717) is 72.4 Å². The minimum atomic E-state index is -4.45. The van der Waals surface area contributed by atoms with E-state index in [1.807, 2.05) is 31.2 Å². The van der Waals surface area contributed by atoms with Crippen molar-refractivity contribution in [3.05, 3.63) is 274 Å². The summed E-state index contributed by atoms with van der Waals surface area (Å²) in [6.07, 6.45) is -9.52. The molecule has 0 fully saturated rings. The number of nitrogens with two attached hydrogens (primary N) is 2. The quantitative estimate of drug-likeness (QED) is 0.00342. The van der Waals surface area contributed by atoms with Gasteiger partial charge < -0.3 is 52.8 Å². The summed E-state index contributed by atoms with van der Waals surface area (Å²) in [4.78, 5) is 44.0. The molecule has 14 N–H and O–H groups in total. The molecule has 9 rings (SSSR count). The van der Waals surface area contributed by atoms with E-state index < -0.39 is 91.5 Å². The Labute approximate surface area is 844 Å². The molecule has 9 aromatic carbocycles. The first-order valence-electron chi connectivity index (χ1n) is 34.9. The van der Waals surface area contributed by atoms with E-state index in [2.05, 4.69) is 175 Å². The van der Waals surface area contributed by atoms with Crippen LogP contribution in [-0.4, -0.2) is 127 Å². The molecule has 0 unspecified atom stereocenters. The van der Waals surface area contributed by atoms with Crippen molar-refractivity contribution in [2.24, 2.45) is 10.9 Å². The van der Waals surface area contributed by atoms with Gasteiger partial charge in [-0.15, -0.1) is 19.0 Å². The number of para-hydroxylation sites is 1. The van der Waals surface area contributed by atoms with Gasteiger partial charge >= 0.3 is 55.2 Å². The van der Waals surface area contributed by atoms with Crippen LogP contribution in [0.5, 0.6) is 0 Å². The number of halogens is 18. The van der Waals surface area contributed by atoms with Gasteiger partial charge in [0.25, 0.3) is 15.5 Å². The van der Waals surface area contributed by atoms with Crippen molar-refractivity contribution in [3.63, 3.8) is 0 Å². The van der Waals surface area contributed by atoms with Crippen LogP contribution in [0.25, 0.3) is 6.08 Å². The molecule has 0 saturated carbocycles. The van der Waals surface area contributed by atoms with Crippen LogP contribution in [0, 0.1) is 0 Å². The summed E-state index contributed by atoms with van der Waals surface area (Å²) in [6.45, 7) is 12.9. The van der Waals surface area contributed by atoms with Crippen LogP contribution in [0.1, 0.15) is 72.2 Å². The summed E-state index contributed by atoms with van der Waals surface area (Å²) in [5.74, 6) is -0.515. The van der Waals surface area contributed by atoms with Crippen molar-refractivity contribution in [2.75, 3.05) is 56.9 Å². The van der Waals surface area contributed by atoms with E-state index >= 15 is 0 Å². The maximum absolute atomic E-state index is 12.8. The molecule has 0 aliphatic heterocycles. The molecular formula is C77H84BBr7Cl2F9N10NaO19S5. The van der Waals surface area contributed by atoms with Gasteiger partial charge in [-0.2, -0.15) is 39.5 Å². The Morgan fingerprint density at radius 1 is 0.489 bits per heavy atom. The summed E-state index contributed by atoms with van der Waals surface area (Å²) in [5, 5.41) is 43.7. The largest absolute Gasteiger partial charge is 1.00 e. The number of oxime groups is 1. The standard InChI is InChI=1S/C17H16F3NO2S.C15H13BrF3NO2S.C9H11BrN2O3S.C8H7BrClNO3S.C8H8BrNO.C7H6BF3O2.C7H9BrN2O2S.C3H6.CHBr2NO.CH5N.CH2O3.ClH.Na/c1-3-13-11-16(24(22,23)21-2)8-7-14(13)9-12-5-4-6-15(10-12)17(18,19)20;1-20-23(21,22)13-6-5-11(14(16)9-13)7-10-3-2-4-12(8-10)15(17,18)19;1-6(13)12-9-4-3-7(5-8(9)10)16(14,15)11-2;1-5(12)11-8-3-2-6(4-7(8)9)15(10,13)14;1-6(11)10-8-5-3-2-4-7(8)9;9-7(10,11)5-2-1-3-6(4-5)8(12)13;1-10-13(11,12)5-2-3-7(9)6(8)4-5;1-3-2;2-1(3)4-5;1-2;2-1-4-3;;/h3-8,10-11,21H,1,9H2,2H3;2-6,8-9,20H,7H2,1H3;3-5,11H,1-2H3,(H,12,13);2-4H,1H3,(H,11,12);2-5H,1H3,(H,10,11);1-4,12-13H;2-4,10H,9H2,1H3;3H,1H2,2H3;5H;2H2,1H3;1,3H;1H;/q;;;;;;;;;;;;+1/p-1. The number of sulfonamides is 4. The normalized spacial score (nSPS) is 10.7. The summed E-state index contributed by atoms with van der Waals surface area (Å²) in [7, 11) is -7.64. The molecule has 0 bridgehead atoms. The Morgan fingerprint density at radius 3 is 1.11 bits per heavy atom. The van der Waals surface area contributed by atoms with Gasteiger partial charge in [0, 0.05) is 59.5 Å². The first kappa shape index (κ1) is 131. The zero-order valence-corrected chi connectivity index (χ0v) is 88.6. The van der Waals surface area contributed by atoms with Gasteiger partial charge in [0.2, 0.25) is 57.8 Å². The molecule has 131 heavy (non-hydrogen) atoms. The Balaban J connectivity index is -0.000000708. The van der Waals surface area contributed by atoms with Gasteiger partial charge in [0.05, 0.1) is 58.2 Å². The van der Waals surface area contributed by atoms with Crippen molar-refractivity contribution < 1.29 is 156 Å². The molecule has 0 aliphatic rings. The molecule has 0 radical (unpaired) electrons. The number of nitrogen functional groups attached to an aromatic ring is 1. The van der Waals surface area contributed by atoms with E-state index in [1.165, 1.54) is 159 Å². The van der Waals surface area contributed by atoms with E-state index in [4.69, 9.17) is 41.7 Å². The number of carbonyl (C=O) groups excluding carboxylic acids is 4. The number of carbonyl (C=O) groups is 4. The number of rotatable bonds is 19. The summed E-state index contributed by atoms with van der Waals surface area (Å²) in [6, 6.07) is 43.3. The number of hydrogen-bond acceptors (Lipinski definition) is 22. The van der Waals surface area contributed by atoms with Crippen LogP contribution < -0.4 is 86.6 Å². The molecule has 54 heteroatoms. The maximum atomic E-state index is 12.8. The van der Waals surface area contributed by atoms with E-state index in [-0.39, 0.29) is 109 Å². The Hall–Kier alpha value is -6.59. The zero-order valence-electron chi connectivity index (χ0n) is 69.9. The van der Waals surface area contributed by atoms with Crippen LogP contribution in [0.2, 0.25) is 0 Å². The molecule has 0 heterocycles. The Bertz CT molecular complexity index is 5870. The van der Waals surface area contributed by atoms with E-state index in [0.717, 1.165) is 46.6 Å². The third-order valence-corrected chi connectivity index (χ3v) is 25.3. The van der Waals surface area contributed by atoms with Gasteiger partial charge in [-0.05, 0) is 287 Å². The van der Waals surface area contributed by atoms with Gasteiger partial charge in [0.1, 0.15) is 0 Å². The molecule has 9 aromatic rings. The Morgan fingerprint density at radius 2 is 0.794 bits per heavy atom. The van der Waals surface area contributed by atoms with Crippen LogP contribution in [0.3, 0.4) is 0 Å². The molecule has 0 aromatic heterocycles. The fourth-order valence-corrected chi connectivity index (χ4v) is 15.4. The summed E-state index contributed by atoms with van der Waals surface area (Å²) in [5.41, 5.74) is 12.8. The van der Waals surface area contributed by atoms with Crippen LogP contribution in [-0.2, 0) is 105 Å². The molecule has 0 aliphatic carbocycles. The van der Waals surface area contributed by atoms with Gasteiger partial charge in [0.15, 0.2) is 3.53 Å². The minimum Gasteiger partial charge on any atom is -0.662 e. The fraction of sp³-hybridized carbons (Fsp3) is 0.182. The zero-order chi connectivity index (χ0) is 100.0.